The first-order chi connectivity index (χ1) is 14.0. The molecule has 0 fully saturated rings. The van der Waals surface area contributed by atoms with Crippen molar-refractivity contribution in [3.05, 3.63) is 83.4 Å². The molecule has 4 rings (SSSR count). The number of carbonyl (C=O) groups is 1. The summed E-state index contributed by atoms with van der Waals surface area (Å²) in [5.41, 5.74) is 3.07. The van der Waals surface area contributed by atoms with Crippen molar-refractivity contribution < 1.29 is 18.4 Å². The van der Waals surface area contributed by atoms with Gasteiger partial charge in [-0.3, -0.25) is 0 Å². The molecule has 0 N–H and O–H groups in total. The summed E-state index contributed by atoms with van der Waals surface area (Å²) in [5, 5.41) is 8.07. The molecular formula is C22H21N3O4. The Bertz CT molecular complexity index is 1110. The highest BCUT2D eigenvalue weighted by Crippen LogP contribution is 2.24. The van der Waals surface area contributed by atoms with Crippen molar-refractivity contribution in [3.8, 4) is 11.5 Å². The molecule has 1 atom stereocenters. The van der Waals surface area contributed by atoms with E-state index in [1.54, 1.807) is 13.2 Å². The number of benzene rings is 1. The zero-order chi connectivity index (χ0) is 20.4. The van der Waals surface area contributed by atoms with Crippen LogP contribution in [-0.4, -0.2) is 20.7 Å². The van der Waals surface area contributed by atoms with Crippen LogP contribution < -0.4 is 0 Å². The van der Waals surface area contributed by atoms with Crippen LogP contribution in [0.2, 0.25) is 0 Å². The Kier molecular flexibility index (Phi) is 5.03. The molecule has 0 bridgehead atoms. The molecule has 0 radical (unpaired) electrons. The lowest BCUT2D eigenvalue weighted by Gasteiger charge is -2.10. The summed E-state index contributed by atoms with van der Waals surface area (Å²) in [6.45, 7) is 6.09. The smallest absolute Gasteiger partial charge is 0.340 e. The van der Waals surface area contributed by atoms with Crippen molar-refractivity contribution in [2.45, 2.75) is 33.4 Å². The molecule has 0 saturated carbocycles. The third kappa shape index (κ3) is 3.85. The number of aryl methyl sites for hydroxylation is 1. The molecular weight excluding hydrogens is 370 g/mol. The zero-order valence-electron chi connectivity index (χ0n) is 16.5. The van der Waals surface area contributed by atoms with E-state index >= 15 is 0 Å². The first kappa shape index (κ1) is 18.7. The van der Waals surface area contributed by atoms with Crippen LogP contribution in [0.15, 0.2) is 63.6 Å². The molecule has 0 aliphatic carbocycles. The van der Waals surface area contributed by atoms with Crippen LogP contribution in [-0.2, 0) is 11.3 Å². The molecule has 7 nitrogen and oxygen atoms in total. The lowest BCUT2D eigenvalue weighted by atomic mass is 10.2. The number of hydrogen-bond acceptors (Lipinski definition) is 6. The molecule has 0 spiro atoms. The first-order valence-electron chi connectivity index (χ1n) is 9.32. The molecule has 0 saturated heterocycles. The third-order valence-corrected chi connectivity index (χ3v) is 4.78. The third-order valence-electron chi connectivity index (χ3n) is 4.78. The van der Waals surface area contributed by atoms with Gasteiger partial charge in [0, 0.05) is 17.0 Å². The van der Waals surface area contributed by atoms with Gasteiger partial charge in [-0.1, -0.05) is 18.2 Å². The quantitative estimate of drug-likeness (QED) is 0.443. The second kappa shape index (κ2) is 7.79. The summed E-state index contributed by atoms with van der Waals surface area (Å²) >= 11 is 0. The topological polar surface area (TPSA) is 83.3 Å². The van der Waals surface area contributed by atoms with Gasteiger partial charge in [-0.25, -0.2) is 4.79 Å². The van der Waals surface area contributed by atoms with Gasteiger partial charge in [0.15, 0.2) is 6.10 Å². The number of aromatic nitrogens is 3. The molecule has 0 unspecified atom stereocenters. The summed E-state index contributed by atoms with van der Waals surface area (Å²) in [6, 6.07) is 15.0. The highest BCUT2D eigenvalue weighted by atomic mass is 16.6. The summed E-state index contributed by atoms with van der Waals surface area (Å²) in [5.74, 6) is 1.02. The summed E-state index contributed by atoms with van der Waals surface area (Å²) in [4.78, 5) is 12.7. The van der Waals surface area contributed by atoms with E-state index < -0.39 is 12.1 Å². The van der Waals surface area contributed by atoms with Crippen LogP contribution in [0.25, 0.3) is 11.5 Å². The van der Waals surface area contributed by atoms with E-state index in [1.807, 2.05) is 66.9 Å². The Morgan fingerprint density at radius 3 is 2.66 bits per heavy atom. The lowest BCUT2D eigenvalue weighted by molar-refractivity contribution is 0.0279. The number of esters is 1. The van der Waals surface area contributed by atoms with Gasteiger partial charge in [0.25, 0.3) is 5.89 Å². The van der Waals surface area contributed by atoms with E-state index in [9.17, 15) is 4.79 Å². The minimum Gasteiger partial charge on any atom is -0.467 e. The number of carbonyl (C=O) groups excluding carboxylic acids is 1. The van der Waals surface area contributed by atoms with Gasteiger partial charge < -0.3 is 18.1 Å². The van der Waals surface area contributed by atoms with Crippen molar-refractivity contribution in [1.29, 1.82) is 0 Å². The maximum Gasteiger partial charge on any atom is 0.340 e. The van der Waals surface area contributed by atoms with Crippen molar-refractivity contribution in [1.82, 2.24) is 14.8 Å². The van der Waals surface area contributed by atoms with Crippen LogP contribution in [0.3, 0.4) is 0 Å². The first-order valence-corrected chi connectivity index (χ1v) is 9.32. The predicted molar refractivity (Wildman–Crippen MR) is 105 cm³/mol. The number of hydrogen-bond donors (Lipinski definition) is 0. The maximum absolute atomic E-state index is 12.7. The molecule has 148 valence electrons. The van der Waals surface area contributed by atoms with E-state index in [2.05, 4.69) is 10.2 Å². The SMILES string of the molecule is Cc1cc(C(=O)O[C@H](C)c2nnc(-c3ccccc3)o2)c(C)n1Cc1ccco1. The van der Waals surface area contributed by atoms with E-state index in [0.717, 1.165) is 22.7 Å². The van der Waals surface area contributed by atoms with Gasteiger partial charge >= 0.3 is 5.97 Å². The Hall–Kier alpha value is -3.61. The molecule has 1 aromatic carbocycles. The Labute approximate surface area is 167 Å². The average Bonchev–Trinajstić information content (AvgIpc) is 3.46. The minimum atomic E-state index is -0.666. The van der Waals surface area contributed by atoms with Gasteiger partial charge in [-0.05, 0) is 51.1 Å². The monoisotopic (exact) mass is 391 g/mol. The number of nitrogens with zero attached hydrogens (tertiary/aromatic N) is 3. The number of furan rings is 1. The zero-order valence-corrected chi connectivity index (χ0v) is 16.5. The standard InChI is InChI=1S/C22H21N3O4/c1-14-12-19(15(2)25(14)13-18-10-7-11-27-18)22(26)28-16(3)20-23-24-21(29-20)17-8-5-4-6-9-17/h4-12,16H,13H2,1-3H3/t16-/m1/s1. The molecule has 7 heteroatoms. The average molecular weight is 391 g/mol. The van der Waals surface area contributed by atoms with E-state index in [-0.39, 0.29) is 5.89 Å². The summed E-state index contributed by atoms with van der Waals surface area (Å²) in [6.07, 6.45) is 0.967. The minimum absolute atomic E-state index is 0.251. The van der Waals surface area contributed by atoms with Gasteiger partial charge in [-0.15, -0.1) is 10.2 Å². The van der Waals surface area contributed by atoms with Crippen LogP contribution >= 0.6 is 0 Å². The molecule has 0 aliphatic heterocycles. The molecule has 3 aromatic heterocycles. The molecule has 0 aliphatic rings. The van der Waals surface area contributed by atoms with Gasteiger partial charge in [0.05, 0.1) is 18.4 Å². The van der Waals surface area contributed by atoms with Crippen molar-refractivity contribution in [2.75, 3.05) is 0 Å². The van der Waals surface area contributed by atoms with Gasteiger partial charge in [-0.2, -0.15) is 0 Å². The number of rotatable bonds is 6. The lowest BCUT2D eigenvalue weighted by Crippen LogP contribution is -2.11. The molecule has 3 heterocycles. The fourth-order valence-corrected chi connectivity index (χ4v) is 3.18. The predicted octanol–water partition coefficient (Wildman–Crippen LogP) is 4.71. The fourth-order valence-electron chi connectivity index (χ4n) is 3.18. The van der Waals surface area contributed by atoms with Crippen LogP contribution in [0.5, 0.6) is 0 Å². The Morgan fingerprint density at radius 1 is 1.14 bits per heavy atom. The fraction of sp³-hybridized carbons (Fsp3) is 0.227. The molecule has 0 amide bonds. The Balaban J connectivity index is 1.49. The number of ether oxygens (including phenoxy) is 1. The highest BCUT2D eigenvalue weighted by molar-refractivity contribution is 5.91. The second-order valence-corrected chi connectivity index (χ2v) is 6.81. The van der Waals surface area contributed by atoms with E-state index in [1.165, 1.54) is 0 Å². The van der Waals surface area contributed by atoms with Crippen molar-refractivity contribution in [2.24, 2.45) is 0 Å². The van der Waals surface area contributed by atoms with Crippen LogP contribution in [0, 0.1) is 13.8 Å². The van der Waals surface area contributed by atoms with Gasteiger partial charge in [0.1, 0.15) is 5.76 Å². The van der Waals surface area contributed by atoms with E-state index in [4.69, 9.17) is 13.6 Å². The second-order valence-electron chi connectivity index (χ2n) is 6.81. The van der Waals surface area contributed by atoms with E-state index in [0.29, 0.717) is 18.0 Å². The highest BCUT2D eigenvalue weighted by Gasteiger charge is 2.23. The Morgan fingerprint density at radius 2 is 1.93 bits per heavy atom. The molecule has 29 heavy (non-hydrogen) atoms. The largest absolute Gasteiger partial charge is 0.467 e. The maximum atomic E-state index is 12.7. The normalized spacial score (nSPS) is 12.1. The van der Waals surface area contributed by atoms with Crippen molar-refractivity contribution >= 4 is 5.97 Å². The van der Waals surface area contributed by atoms with Crippen LogP contribution in [0.1, 0.15) is 46.4 Å². The summed E-state index contributed by atoms with van der Waals surface area (Å²) < 4.78 is 18.7. The van der Waals surface area contributed by atoms with Crippen LogP contribution in [0.4, 0.5) is 0 Å². The van der Waals surface area contributed by atoms with Gasteiger partial charge in [0.2, 0.25) is 5.89 Å². The molecule has 4 aromatic rings. The van der Waals surface area contributed by atoms with Crippen molar-refractivity contribution in [3.63, 3.8) is 0 Å². The summed E-state index contributed by atoms with van der Waals surface area (Å²) in [7, 11) is 0.